The molecule has 0 saturated carbocycles. The van der Waals surface area contributed by atoms with Gasteiger partial charge in [-0.25, -0.2) is 4.98 Å². The zero-order valence-electron chi connectivity index (χ0n) is 9.90. The van der Waals surface area contributed by atoms with E-state index in [9.17, 15) is 4.79 Å². The smallest absolute Gasteiger partial charge is 0.219 e. The Kier molecular flexibility index (Phi) is 3.94. The van der Waals surface area contributed by atoms with E-state index in [1.807, 2.05) is 4.90 Å². The Morgan fingerprint density at radius 1 is 1.59 bits per heavy atom. The molecule has 1 atom stereocenters. The van der Waals surface area contributed by atoms with Crippen LogP contribution in [0.1, 0.15) is 25.5 Å². The molecule has 1 unspecified atom stereocenters. The summed E-state index contributed by atoms with van der Waals surface area (Å²) >= 11 is 5.80. The Bertz CT molecular complexity index is 410. The van der Waals surface area contributed by atoms with Gasteiger partial charge in [-0.1, -0.05) is 11.6 Å². The van der Waals surface area contributed by atoms with Gasteiger partial charge in [0.1, 0.15) is 5.15 Å². The Morgan fingerprint density at radius 3 is 3.12 bits per heavy atom. The normalized spacial score (nSPS) is 20.4. The van der Waals surface area contributed by atoms with E-state index in [4.69, 9.17) is 11.6 Å². The molecule has 2 heterocycles. The van der Waals surface area contributed by atoms with Crippen molar-refractivity contribution in [2.45, 2.75) is 26.2 Å². The van der Waals surface area contributed by atoms with Crippen LogP contribution in [0.3, 0.4) is 0 Å². The number of piperidine rings is 1. The van der Waals surface area contributed by atoms with Crippen LogP contribution in [-0.2, 0) is 11.2 Å². The molecular formula is C12H16ClN3O. The minimum absolute atomic E-state index is 0.159. The first-order valence-electron chi connectivity index (χ1n) is 5.87. The van der Waals surface area contributed by atoms with E-state index in [-0.39, 0.29) is 5.91 Å². The van der Waals surface area contributed by atoms with Gasteiger partial charge in [0.2, 0.25) is 5.91 Å². The maximum atomic E-state index is 11.3. The standard InChI is InChI=1S/C12H16ClN3O/c1-9(17)16-4-2-3-10(8-16)5-11-6-14-7-12(13)15-11/h6-7,10H,2-5,8H2,1H3. The van der Waals surface area contributed by atoms with Crippen molar-refractivity contribution < 1.29 is 4.79 Å². The molecule has 1 aromatic rings. The monoisotopic (exact) mass is 253 g/mol. The predicted octanol–water partition coefficient (Wildman–Crippen LogP) is 1.93. The van der Waals surface area contributed by atoms with E-state index in [0.29, 0.717) is 11.1 Å². The second kappa shape index (κ2) is 5.45. The van der Waals surface area contributed by atoms with Crippen LogP contribution in [0, 0.1) is 5.92 Å². The summed E-state index contributed by atoms with van der Waals surface area (Å²) in [7, 11) is 0. The third-order valence-electron chi connectivity index (χ3n) is 3.12. The largest absolute Gasteiger partial charge is 0.343 e. The van der Waals surface area contributed by atoms with E-state index in [1.54, 1.807) is 13.1 Å². The quantitative estimate of drug-likeness (QED) is 0.809. The first-order valence-corrected chi connectivity index (χ1v) is 6.25. The molecule has 0 N–H and O–H groups in total. The molecular weight excluding hydrogens is 238 g/mol. The molecule has 0 spiro atoms. The molecule has 4 nitrogen and oxygen atoms in total. The first kappa shape index (κ1) is 12.3. The van der Waals surface area contributed by atoms with Crippen molar-refractivity contribution >= 4 is 17.5 Å². The molecule has 0 aromatic carbocycles. The highest BCUT2D eigenvalue weighted by Crippen LogP contribution is 2.20. The summed E-state index contributed by atoms with van der Waals surface area (Å²) < 4.78 is 0. The summed E-state index contributed by atoms with van der Waals surface area (Å²) in [4.78, 5) is 21.5. The van der Waals surface area contributed by atoms with Crippen LogP contribution in [0.25, 0.3) is 0 Å². The molecule has 17 heavy (non-hydrogen) atoms. The van der Waals surface area contributed by atoms with E-state index in [1.165, 1.54) is 6.20 Å². The average Bonchev–Trinajstić information content (AvgIpc) is 2.29. The molecule has 1 amide bonds. The van der Waals surface area contributed by atoms with Gasteiger partial charge in [0.25, 0.3) is 0 Å². The number of halogens is 1. The maximum absolute atomic E-state index is 11.3. The lowest BCUT2D eigenvalue weighted by Crippen LogP contribution is -2.39. The Balaban J connectivity index is 1.97. The number of likely N-dealkylation sites (tertiary alicyclic amines) is 1. The number of nitrogens with zero attached hydrogens (tertiary/aromatic N) is 3. The van der Waals surface area contributed by atoms with Crippen molar-refractivity contribution in [1.82, 2.24) is 14.9 Å². The van der Waals surface area contributed by atoms with Gasteiger partial charge in [-0.05, 0) is 25.2 Å². The molecule has 2 rings (SSSR count). The number of amides is 1. The van der Waals surface area contributed by atoms with E-state index < -0.39 is 0 Å². The summed E-state index contributed by atoms with van der Waals surface area (Å²) in [6, 6.07) is 0. The van der Waals surface area contributed by atoms with Crippen LogP contribution in [0.5, 0.6) is 0 Å². The number of hydrogen-bond donors (Lipinski definition) is 0. The number of rotatable bonds is 2. The first-order chi connectivity index (χ1) is 8.15. The topological polar surface area (TPSA) is 46.1 Å². The van der Waals surface area contributed by atoms with Crippen molar-refractivity contribution in [1.29, 1.82) is 0 Å². The lowest BCUT2D eigenvalue weighted by atomic mass is 9.93. The molecule has 1 fully saturated rings. The summed E-state index contributed by atoms with van der Waals surface area (Å²) in [6.07, 6.45) is 6.33. The second-order valence-electron chi connectivity index (χ2n) is 4.51. The summed E-state index contributed by atoms with van der Waals surface area (Å²) in [5, 5.41) is 0.432. The third kappa shape index (κ3) is 3.40. The predicted molar refractivity (Wildman–Crippen MR) is 65.7 cm³/mol. The maximum Gasteiger partial charge on any atom is 0.219 e. The van der Waals surface area contributed by atoms with Crippen LogP contribution >= 0.6 is 11.6 Å². The van der Waals surface area contributed by atoms with Crippen LogP contribution < -0.4 is 0 Å². The van der Waals surface area contributed by atoms with Crippen molar-refractivity contribution in [3.05, 3.63) is 23.2 Å². The van der Waals surface area contributed by atoms with Crippen LogP contribution in [0.15, 0.2) is 12.4 Å². The fourth-order valence-corrected chi connectivity index (χ4v) is 2.46. The van der Waals surface area contributed by atoms with Crippen molar-refractivity contribution in [3.63, 3.8) is 0 Å². The van der Waals surface area contributed by atoms with Gasteiger partial charge in [0.15, 0.2) is 0 Å². The van der Waals surface area contributed by atoms with E-state index >= 15 is 0 Å². The lowest BCUT2D eigenvalue weighted by Gasteiger charge is -2.31. The van der Waals surface area contributed by atoms with Gasteiger partial charge in [-0.3, -0.25) is 9.78 Å². The zero-order chi connectivity index (χ0) is 12.3. The summed E-state index contributed by atoms with van der Waals surface area (Å²) in [6.45, 7) is 3.33. The van der Waals surface area contributed by atoms with Gasteiger partial charge < -0.3 is 4.90 Å². The van der Waals surface area contributed by atoms with Crippen LogP contribution in [0.4, 0.5) is 0 Å². The van der Waals surface area contributed by atoms with Crippen LogP contribution in [0.2, 0.25) is 5.15 Å². The van der Waals surface area contributed by atoms with Gasteiger partial charge in [0, 0.05) is 26.2 Å². The van der Waals surface area contributed by atoms with Crippen LogP contribution in [-0.4, -0.2) is 33.9 Å². The Morgan fingerprint density at radius 2 is 2.41 bits per heavy atom. The summed E-state index contributed by atoms with van der Waals surface area (Å²) in [5.74, 6) is 0.632. The number of carbonyl (C=O) groups excluding carboxylic acids is 1. The zero-order valence-corrected chi connectivity index (χ0v) is 10.7. The molecule has 1 aliphatic rings. The van der Waals surface area contributed by atoms with Gasteiger partial charge >= 0.3 is 0 Å². The minimum Gasteiger partial charge on any atom is -0.343 e. The molecule has 0 bridgehead atoms. The summed E-state index contributed by atoms with van der Waals surface area (Å²) in [5.41, 5.74) is 0.910. The van der Waals surface area contributed by atoms with E-state index in [2.05, 4.69) is 9.97 Å². The third-order valence-corrected chi connectivity index (χ3v) is 3.30. The van der Waals surface area contributed by atoms with Gasteiger partial charge in [0.05, 0.1) is 11.9 Å². The average molecular weight is 254 g/mol. The van der Waals surface area contributed by atoms with Crippen molar-refractivity contribution in [3.8, 4) is 0 Å². The molecule has 0 aliphatic carbocycles. The van der Waals surface area contributed by atoms with Crippen molar-refractivity contribution in [2.75, 3.05) is 13.1 Å². The molecule has 92 valence electrons. The fraction of sp³-hybridized carbons (Fsp3) is 0.583. The lowest BCUT2D eigenvalue weighted by molar-refractivity contribution is -0.130. The SMILES string of the molecule is CC(=O)N1CCCC(Cc2cncc(Cl)n2)C1. The molecule has 0 radical (unpaired) electrons. The van der Waals surface area contributed by atoms with Gasteiger partial charge in [-0.15, -0.1) is 0 Å². The molecule has 1 aromatic heterocycles. The Labute approximate surface area is 106 Å². The molecule has 1 saturated heterocycles. The number of aromatic nitrogens is 2. The molecule has 5 heteroatoms. The van der Waals surface area contributed by atoms with E-state index in [0.717, 1.165) is 38.0 Å². The number of carbonyl (C=O) groups is 1. The highest BCUT2D eigenvalue weighted by Gasteiger charge is 2.22. The Hall–Kier alpha value is -1.16. The minimum atomic E-state index is 0.159. The number of hydrogen-bond acceptors (Lipinski definition) is 3. The highest BCUT2D eigenvalue weighted by atomic mass is 35.5. The van der Waals surface area contributed by atoms with Crippen molar-refractivity contribution in [2.24, 2.45) is 5.92 Å². The second-order valence-corrected chi connectivity index (χ2v) is 4.90. The molecule has 1 aliphatic heterocycles. The highest BCUT2D eigenvalue weighted by molar-refractivity contribution is 6.29. The van der Waals surface area contributed by atoms with Gasteiger partial charge in [-0.2, -0.15) is 0 Å². The fourth-order valence-electron chi connectivity index (χ4n) is 2.29.